The van der Waals surface area contributed by atoms with Crippen LogP contribution < -0.4 is 10.6 Å². The summed E-state index contributed by atoms with van der Waals surface area (Å²) in [6.07, 6.45) is 14.8. The number of guanidine groups is 1. The van der Waals surface area contributed by atoms with Gasteiger partial charge in [-0.15, -0.1) is 0 Å². The van der Waals surface area contributed by atoms with Crippen molar-refractivity contribution in [3.05, 3.63) is 12.2 Å². The molecule has 0 aliphatic heterocycles. The average molecular weight is 293 g/mol. The minimum absolute atomic E-state index is 0.513. The molecule has 0 aromatic rings. The SMILES string of the molecule is CCNC(=NCCCOC1CCCCC1)NC1CC=CC1. The molecule has 4 nitrogen and oxygen atoms in total. The highest BCUT2D eigenvalue weighted by Crippen LogP contribution is 2.20. The second-order valence-electron chi connectivity index (χ2n) is 6.03. The minimum atomic E-state index is 0.513. The third-order valence-corrected chi connectivity index (χ3v) is 4.17. The molecule has 120 valence electrons. The van der Waals surface area contributed by atoms with Gasteiger partial charge in [-0.1, -0.05) is 31.4 Å². The Balaban J connectivity index is 1.59. The quantitative estimate of drug-likeness (QED) is 0.328. The molecule has 0 heterocycles. The third-order valence-electron chi connectivity index (χ3n) is 4.17. The Morgan fingerprint density at radius 1 is 1.19 bits per heavy atom. The highest BCUT2D eigenvalue weighted by molar-refractivity contribution is 5.80. The van der Waals surface area contributed by atoms with E-state index in [0.717, 1.165) is 44.9 Å². The van der Waals surface area contributed by atoms with Crippen LogP contribution in [0.25, 0.3) is 0 Å². The molecule has 0 unspecified atom stereocenters. The number of nitrogens with zero attached hydrogens (tertiary/aromatic N) is 1. The van der Waals surface area contributed by atoms with Gasteiger partial charge in [0.2, 0.25) is 0 Å². The summed E-state index contributed by atoms with van der Waals surface area (Å²) in [5.41, 5.74) is 0. The molecule has 2 N–H and O–H groups in total. The summed E-state index contributed by atoms with van der Waals surface area (Å²) < 4.78 is 5.94. The van der Waals surface area contributed by atoms with Crippen molar-refractivity contribution in [2.24, 2.45) is 4.99 Å². The summed E-state index contributed by atoms with van der Waals surface area (Å²) in [6.45, 7) is 4.70. The summed E-state index contributed by atoms with van der Waals surface area (Å²) >= 11 is 0. The fourth-order valence-corrected chi connectivity index (χ4v) is 2.99. The van der Waals surface area contributed by atoms with Crippen LogP contribution in [0.2, 0.25) is 0 Å². The lowest BCUT2D eigenvalue weighted by molar-refractivity contribution is 0.0281. The van der Waals surface area contributed by atoms with Gasteiger partial charge in [0.1, 0.15) is 0 Å². The van der Waals surface area contributed by atoms with Crippen molar-refractivity contribution < 1.29 is 4.74 Å². The number of aliphatic imine (C=N–C) groups is 1. The largest absolute Gasteiger partial charge is 0.378 e. The molecule has 0 bridgehead atoms. The summed E-state index contributed by atoms with van der Waals surface area (Å²) in [4.78, 5) is 4.65. The van der Waals surface area contributed by atoms with E-state index in [4.69, 9.17) is 4.74 Å². The number of nitrogens with one attached hydrogen (secondary N) is 2. The molecule has 0 atom stereocenters. The van der Waals surface area contributed by atoms with Gasteiger partial charge in [-0.25, -0.2) is 0 Å². The van der Waals surface area contributed by atoms with Crippen molar-refractivity contribution in [1.29, 1.82) is 0 Å². The van der Waals surface area contributed by atoms with Gasteiger partial charge in [-0.3, -0.25) is 4.99 Å². The first-order valence-electron chi connectivity index (χ1n) is 8.70. The predicted octanol–water partition coefficient (Wildman–Crippen LogP) is 3.00. The van der Waals surface area contributed by atoms with E-state index in [1.54, 1.807) is 0 Å². The Morgan fingerprint density at radius 3 is 2.67 bits per heavy atom. The monoisotopic (exact) mass is 293 g/mol. The topological polar surface area (TPSA) is 45.7 Å². The van der Waals surface area contributed by atoms with Gasteiger partial charge in [-0.2, -0.15) is 0 Å². The number of rotatable bonds is 7. The first kappa shape index (κ1) is 16.3. The lowest BCUT2D eigenvalue weighted by Crippen LogP contribution is -2.42. The highest BCUT2D eigenvalue weighted by Gasteiger charge is 2.13. The molecule has 21 heavy (non-hydrogen) atoms. The van der Waals surface area contributed by atoms with E-state index in [9.17, 15) is 0 Å². The van der Waals surface area contributed by atoms with Crippen molar-refractivity contribution in [2.45, 2.75) is 70.4 Å². The normalized spacial score (nSPS) is 20.9. The Labute approximate surface area is 129 Å². The lowest BCUT2D eigenvalue weighted by atomic mass is 9.98. The fraction of sp³-hybridized carbons (Fsp3) is 0.824. The first-order valence-corrected chi connectivity index (χ1v) is 8.70. The van der Waals surface area contributed by atoms with Crippen molar-refractivity contribution in [3.8, 4) is 0 Å². The van der Waals surface area contributed by atoms with Gasteiger partial charge in [0.05, 0.1) is 6.10 Å². The molecule has 2 rings (SSSR count). The molecule has 0 aromatic carbocycles. The van der Waals surface area contributed by atoms with Crippen LogP contribution in [0.4, 0.5) is 0 Å². The average Bonchev–Trinajstić information content (AvgIpc) is 3.01. The van der Waals surface area contributed by atoms with Crippen molar-refractivity contribution in [1.82, 2.24) is 10.6 Å². The molecule has 0 aromatic heterocycles. The smallest absolute Gasteiger partial charge is 0.191 e. The summed E-state index contributed by atoms with van der Waals surface area (Å²) in [5, 5.41) is 6.81. The van der Waals surface area contributed by atoms with Crippen molar-refractivity contribution >= 4 is 5.96 Å². The molecule has 0 amide bonds. The number of ether oxygens (including phenoxy) is 1. The van der Waals surface area contributed by atoms with Gasteiger partial charge >= 0.3 is 0 Å². The molecule has 4 heteroatoms. The van der Waals surface area contributed by atoms with Crippen molar-refractivity contribution in [2.75, 3.05) is 19.7 Å². The Morgan fingerprint density at radius 2 is 1.95 bits per heavy atom. The van der Waals surface area contributed by atoms with E-state index in [0.29, 0.717) is 12.1 Å². The Bertz CT molecular complexity index is 327. The van der Waals surface area contributed by atoms with Gasteiger partial charge in [0.15, 0.2) is 5.96 Å². The zero-order valence-corrected chi connectivity index (χ0v) is 13.4. The van der Waals surface area contributed by atoms with Crippen LogP contribution in [0, 0.1) is 0 Å². The van der Waals surface area contributed by atoms with E-state index in [2.05, 4.69) is 34.7 Å². The van der Waals surface area contributed by atoms with E-state index >= 15 is 0 Å². The van der Waals surface area contributed by atoms with Crippen LogP contribution in [0.3, 0.4) is 0 Å². The van der Waals surface area contributed by atoms with Crippen LogP contribution in [0.1, 0.15) is 58.3 Å². The van der Waals surface area contributed by atoms with Crippen LogP contribution >= 0.6 is 0 Å². The van der Waals surface area contributed by atoms with E-state index in [1.165, 1.54) is 32.1 Å². The molecule has 1 saturated carbocycles. The minimum Gasteiger partial charge on any atom is -0.378 e. The maximum Gasteiger partial charge on any atom is 0.191 e. The third kappa shape index (κ3) is 6.51. The van der Waals surface area contributed by atoms with Gasteiger partial charge < -0.3 is 15.4 Å². The van der Waals surface area contributed by atoms with Gasteiger partial charge in [0, 0.05) is 25.7 Å². The molecule has 0 radical (unpaired) electrons. The Kier molecular flexibility index (Phi) is 7.65. The molecular weight excluding hydrogens is 262 g/mol. The first-order chi connectivity index (χ1) is 10.4. The predicted molar refractivity (Wildman–Crippen MR) is 88.7 cm³/mol. The summed E-state index contributed by atoms with van der Waals surface area (Å²) in [5.74, 6) is 0.948. The molecule has 2 aliphatic rings. The fourth-order valence-electron chi connectivity index (χ4n) is 2.99. The van der Waals surface area contributed by atoms with E-state index < -0.39 is 0 Å². The van der Waals surface area contributed by atoms with E-state index in [1.807, 2.05) is 0 Å². The molecule has 0 spiro atoms. The lowest BCUT2D eigenvalue weighted by Gasteiger charge is -2.21. The zero-order valence-electron chi connectivity index (χ0n) is 13.4. The number of hydrogen-bond donors (Lipinski definition) is 2. The zero-order chi connectivity index (χ0) is 14.8. The standard InChI is InChI=1S/C17H31N3O/c1-2-18-17(20-15-9-6-7-10-15)19-13-8-14-21-16-11-4-3-5-12-16/h6-7,15-16H,2-5,8-14H2,1H3,(H2,18,19,20). The Hall–Kier alpha value is -1.03. The summed E-state index contributed by atoms with van der Waals surface area (Å²) in [6, 6.07) is 0.515. The van der Waals surface area contributed by atoms with Gasteiger partial charge in [-0.05, 0) is 39.0 Å². The van der Waals surface area contributed by atoms with E-state index in [-0.39, 0.29) is 0 Å². The van der Waals surface area contributed by atoms with Crippen LogP contribution in [0.5, 0.6) is 0 Å². The van der Waals surface area contributed by atoms with Crippen LogP contribution in [0.15, 0.2) is 17.1 Å². The van der Waals surface area contributed by atoms with Crippen LogP contribution in [-0.4, -0.2) is 37.8 Å². The number of hydrogen-bond acceptors (Lipinski definition) is 2. The second-order valence-corrected chi connectivity index (χ2v) is 6.03. The second kappa shape index (κ2) is 9.82. The molecule has 1 fully saturated rings. The van der Waals surface area contributed by atoms with Gasteiger partial charge in [0.25, 0.3) is 0 Å². The summed E-state index contributed by atoms with van der Waals surface area (Å²) in [7, 11) is 0. The highest BCUT2D eigenvalue weighted by atomic mass is 16.5. The maximum absolute atomic E-state index is 5.94. The maximum atomic E-state index is 5.94. The molecular formula is C17H31N3O. The molecule has 2 aliphatic carbocycles. The van der Waals surface area contributed by atoms with Crippen molar-refractivity contribution in [3.63, 3.8) is 0 Å². The van der Waals surface area contributed by atoms with Crippen LogP contribution in [-0.2, 0) is 4.74 Å². The molecule has 0 saturated heterocycles.